The van der Waals surface area contributed by atoms with Crippen molar-refractivity contribution in [3.05, 3.63) is 52.6 Å². The lowest BCUT2D eigenvalue weighted by Crippen LogP contribution is -2.51. The number of hydrogen-bond acceptors (Lipinski definition) is 4. The topological polar surface area (TPSA) is 61.8 Å². The Hall–Kier alpha value is -2.03. The monoisotopic (exact) mass is 472 g/mol. The molecule has 1 saturated heterocycles. The number of carbonyl (C=O) groups is 1. The maximum Gasteiger partial charge on any atom is 0.573 e. The third kappa shape index (κ3) is 7.25. The Morgan fingerprint density at radius 2 is 1.91 bits per heavy atom. The Balaban J connectivity index is 1.65. The summed E-state index contributed by atoms with van der Waals surface area (Å²) in [7, 11) is 0. The van der Waals surface area contributed by atoms with Gasteiger partial charge in [0.1, 0.15) is 5.75 Å². The predicted octanol–water partition coefficient (Wildman–Crippen LogP) is 4.16. The van der Waals surface area contributed by atoms with Crippen LogP contribution in [0.3, 0.4) is 0 Å². The highest BCUT2D eigenvalue weighted by Crippen LogP contribution is 2.30. The summed E-state index contributed by atoms with van der Waals surface area (Å²) in [6, 6.07) is 4.70. The fourth-order valence-electron chi connectivity index (χ4n) is 4.07. The van der Waals surface area contributed by atoms with Gasteiger partial charge in [-0.05, 0) is 67.6 Å². The van der Waals surface area contributed by atoms with Gasteiger partial charge in [-0.3, -0.25) is 4.79 Å². The molecule has 9 heteroatoms. The lowest BCUT2D eigenvalue weighted by molar-refractivity contribution is -0.274. The zero-order chi connectivity index (χ0) is 23.3. The number of ether oxygens (including phenoxy) is 1. The summed E-state index contributed by atoms with van der Waals surface area (Å²) < 4.78 is 40.8. The molecule has 32 heavy (non-hydrogen) atoms. The fourth-order valence-corrected chi connectivity index (χ4v) is 4.21. The van der Waals surface area contributed by atoms with Gasteiger partial charge in [0.05, 0.1) is 18.6 Å². The van der Waals surface area contributed by atoms with Crippen molar-refractivity contribution in [2.24, 2.45) is 5.92 Å². The molecule has 1 fully saturated rings. The lowest BCUT2D eigenvalue weighted by atomic mass is 9.89. The molecule has 1 aliphatic carbocycles. The second-order valence-electron chi connectivity index (χ2n) is 8.39. The predicted molar refractivity (Wildman–Crippen MR) is 116 cm³/mol. The van der Waals surface area contributed by atoms with E-state index in [9.17, 15) is 23.1 Å². The average molecular weight is 473 g/mol. The van der Waals surface area contributed by atoms with E-state index in [-0.39, 0.29) is 24.0 Å². The summed E-state index contributed by atoms with van der Waals surface area (Å²) in [5.74, 6) is -0.545. The molecule has 1 heterocycles. The summed E-state index contributed by atoms with van der Waals surface area (Å²) >= 11 is 6.16. The third-order valence-corrected chi connectivity index (χ3v) is 6.25. The van der Waals surface area contributed by atoms with E-state index < -0.39 is 18.5 Å². The molecule has 1 aromatic rings. The van der Waals surface area contributed by atoms with E-state index in [1.807, 2.05) is 13.0 Å². The fraction of sp³-hybridized carbons (Fsp3) is 0.522. The van der Waals surface area contributed by atoms with Crippen molar-refractivity contribution in [1.82, 2.24) is 10.2 Å². The summed E-state index contributed by atoms with van der Waals surface area (Å²) in [5.41, 5.74) is 1.37. The molecule has 1 amide bonds. The summed E-state index contributed by atoms with van der Waals surface area (Å²) in [4.78, 5) is 14.9. The van der Waals surface area contributed by atoms with E-state index in [0.29, 0.717) is 18.5 Å². The molecule has 3 atom stereocenters. The molecule has 0 bridgehead atoms. The number of nitrogens with one attached hydrogen (secondary N) is 1. The van der Waals surface area contributed by atoms with E-state index >= 15 is 0 Å². The number of likely N-dealkylation sites (tertiary alicyclic amines) is 1. The highest BCUT2D eigenvalue weighted by molar-refractivity contribution is 6.30. The number of nitrogens with zero attached hydrogens (tertiary/aromatic N) is 1. The quantitative estimate of drug-likeness (QED) is 0.596. The molecule has 2 aliphatic rings. The molecule has 0 radical (unpaired) electrons. The van der Waals surface area contributed by atoms with Crippen LogP contribution < -0.4 is 10.1 Å². The molecule has 1 aromatic carbocycles. The van der Waals surface area contributed by atoms with Gasteiger partial charge in [0.25, 0.3) is 0 Å². The van der Waals surface area contributed by atoms with Crippen LogP contribution in [0.25, 0.3) is 0 Å². The van der Waals surface area contributed by atoms with Gasteiger partial charge in [-0.2, -0.15) is 0 Å². The highest BCUT2D eigenvalue weighted by atomic mass is 35.5. The average Bonchev–Trinajstić information content (AvgIpc) is 3.22. The number of aliphatic hydroxyl groups is 1. The van der Waals surface area contributed by atoms with E-state index in [2.05, 4.69) is 15.0 Å². The van der Waals surface area contributed by atoms with Crippen molar-refractivity contribution in [3.8, 4) is 5.75 Å². The number of carbonyl (C=O) groups excluding carboxylic acids is 1. The van der Waals surface area contributed by atoms with E-state index in [4.69, 9.17) is 11.6 Å². The second kappa shape index (κ2) is 10.7. The summed E-state index contributed by atoms with van der Waals surface area (Å²) in [5, 5.41) is 14.7. The van der Waals surface area contributed by atoms with Crippen molar-refractivity contribution >= 4 is 17.5 Å². The number of aliphatic hydroxyl groups excluding tert-OH is 1. The Kier molecular flexibility index (Phi) is 8.25. The number of allylic oxidation sites excluding steroid dienone is 3. The number of rotatable bonds is 8. The number of amides is 1. The van der Waals surface area contributed by atoms with Crippen molar-refractivity contribution < 1.29 is 27.8 Å². The minimum atomic E-state index is -4.76. The SMILES string of the molecule is CC1CC([C@@H](O)[C@@H](CN2CCCC2)NC(=O)Cc2ccc(OC(F)(F)F)cc2)=CC=C1Cl. The van der Waals surface area contributed by atoms with Crippen LogP contribution in [0, 0.1) is 5.92 Å². The van der Waals surface area contributed by atoms with Crippen LogP contribution in [0.5, 0.6) is 5.75 Å². The molecular formula is C23H28ClF3N2O3. The van der Waals surface area contributed by atoms with Gasteiger partial charge in [0.15, 0.2) is 0 Å². The molecule has 2 N–H and O–H groups in total. The van der Waals surface area contributed by atoms with Gasteiger partial charge in [-0.15, -0.1) is 13.2 Å². The van der Waals surface area contributed by atoms with Gasteiger partial charge >= 0.3 is 6.36 Å². The first-order valence-electron chi connectivity index (χ1n) is 10.7. The van der Waals surface area contributed by atoms with Gasteiger partial charge < -0.3 is 20.1 Å². The van der Waals surface area contributed by atoms with Crippen LogP contribution in [-0.4, -0.2) is 54.1 Å². The number of hydrogen-bond donors (Lipinski definition) is 2. The molecule has 176 valence electrons. The molecule has 1 aliphatic heterocycles. The van der Waals surface area contributed by atoms with Crippen LogP contribution >= 0.6 is 11.6 Å². The van der Waals surface area contributed by atoms with Gasteiger partial charge in [-0.1, -0.05) is 36.7 Å². The molecular weight excluding hydrogens is 445 g/mol. The van der Waals surface area contributed by atoms with Crippen LogP contribution in [0.1, 0.15) is 31.7 Å². The Morgan fingerprint density at radius 1 is 1.25 bits per heavy atom. The standard InChI is InChI=1S/C23H28ClF3N2O3/c1-15-12-17(6-9-19(15)24)22(31)20(14-29-10-2-3-11-29)28-21(30)13-16-4-7-18(8-5-16)32-23(25,26)27/h4-9,15,20,22,31H,2-3,10-14H2,1H3,(H,28,30)/t15?,20-,22-/m1/s1. The molecule has 0 aromatic heterocycles. The molecule has 5 nitrogen and oxygen atoms in total. The molecule has 0 spiro atoms. The smallest absolute Gasteiger partial charge is 0.406 e. The number of benzene rings is 1. The Bertz CT molecular complexity index is 849. The largest absolute Gasteiger partial charge is 0.573 e. The van der Waals surface area contributed by atoms with Crippen molar-refractivity contribution in [1.29, 1.82) is 0 Å². The van der Waals surface area contributed by atoms with Gasteiger partial charge in [0.2, 0.25) is 5.91 Å². The van der Waals surface area contributed by atoms with Gasteiger partial charge in [-0.25, -0.2) is 0 Å². The maximum absolute atomic E-state index is 12.7. The summed E-state index contributed by atoms with van der Waals surface area (Å²) in [6.07, 6.45) is 0.749. The van der Waals surface area contributed by atoms with Gasteiger partial charge in [0, 0.05) is 11.6 Å². The third-order valence-electron chi connectivity index (χ3n) is 5.75. The zero-order valence-corrected chi connectivity index (χ0v) is 18.6. The van der Waals surface area contributed by atoms with Crippen LogP contribution in [0.4, 0.5) is 13.2 Å². The molecule has 0 saturated carbocycles. The molecule has 3 rings (SSSR count). The lowest BCUT2D eigenvalue weighted by Gasteiger charge is -2.31. The first kappa shape index (κ1) is 24.6. The molecule has 1 unspecified atom stereocenters. The highest BCUT2D eigenvalue weighted by Gasteiger charge is 2.31. The van der Waals surface area contributed by atoms with Crippen LogP contribution in [-0.2, 0) is 11.2 Å². The minimum Gasteiger partial charge on any atom is -0.406 e. The second-order valence-corrected chi connectivity index (χ2v) is 8.83. The van der Waals surface area contributed by atoms with E-state index in [1.165, 1.54) is 24.3 Å². The number of alkyl halides is 3. The van der Waals surface area contributed by atoms with E-state index in [0.717, 1.165) is 36.5 Å². The minimum absolute atomic E-state index is 0.0172. The van der Waals surface area contributed by atoms with Crippen LogP contribution in [0.15, 0.2) is 47.0 Å². The van der Waals surface area contributed by atoms with Crippen LogP contribution in [0.2, 0.25) is 0 Å². The Labute approximate surface area is 190 Å². The van der Waals surface area contributed by atoms with Crippen molar-refractivity contribution in [3.63, 3.8) is 0 Å². The first-order valence-corrected chi connectivity index (χ1v) is 11.1. The number of halogens is 4. The summed E-state index contributed by atoms with van der Waals surface area (Å²) in [6.45, 7) is 4.34. The zero-order valence-electron chi connectivity index (χ0n) is 17.9. The first-order chi connectivity index (χ1) is 15.1. The van der Waals surface area contributed by atoms with E-state index in [1.54, 1.807) is 6.08 Å². The Morgan fingerprint density at radius 3 is 2.50 bits per heavy atom. The van der Waals surface area contributed by atoms with Crippen molar-refractivity contribution in [2.45, 2.75) is 51.1 Å². The maximum atomic E-state index is 12.7. The van der Waals surface area contributed by atoms with Crippen molar-refractivity contribution in [2.75, 3.05) is 19.6 Å². The normalized spacial score (nSPS) is 21.5.